The molecule has 0 unspecified atom stereocenters. The van der Waals surface area contributed by atoms with Gasteiger partial charge in [-0.3, -0.25) is 14.3 Å². The van der Waals surface area contributed by atoms with Crippen LogP contribution in [0.25, 0.3) is 0 Å². The molecule has 30 heavy (non-hydrogen) atoms. The van der Waals surface area contributed by atoms with Crippen LogP contribution in [0.3, 0.4) is 0 Å². The molecule has 3 rings (SSSR count). The number of carbonyl (C=O) groups is 3. The molecule has 1 fully saturated rings. The second-order valence-corrected chi connectivity index (χ2v) is 7.80. The van der Waals surface area contributed by atoms with Gasteiger partial charge in [0.25, 0.3) is 5.91 Å². The second kappa shape index (κ2) is 8.09. The Morgan fingerprint density at radius 1 is 1.37 bits per heavy atom. The molecule has 2 amide bonds. The minimum Gasteiger partial charge on any atom is -0.462 e. The number of nitrogens with two attached hydrogens (primary N) is 1. The molecule has 0 saturated heterocycles. The van der Waals surface area contributed by atoms with E-state index in [2.05, 4.69) is 10.4 Å². The van der Waals surface area contributed by atoms with Crippen molar-refractivity contribution >= 4 is 34.1 Å². The average Bonchev–Trinajstić information content (AvgIpc) is 3.29. The first-order chi connectivity index (χ1) is 14.0. The van der Waals surface area contributed by atoms with E-state index in [0.29, 0.717) is 5.69 Å². The molecule has 0 bridgehead atoms. The third kappa shape index (κ3) is 4.48. The number of nitrogens with zero attached hydrogens (tertiary/aromatic N) is 2. The number of carbonyl (C=O) groups excluding carboxylic acids is 3. The number of alkyl halides is 3. The number of amides is 2. The molecule has 3 N–H and O–H groups in total. The molecule has 1 aliphatic rings. The molecule has 0 radical (unpaired) electrons. The maximum absolute atomic E-state index is 13.0. The number of anilines is 1. The molecule has 2 aromatic heterocycles. The summed E-state index contributed by atoms with van der Waals surface area (Å²) in [6.07, 6.45) is -3.17. The minimum absolute atomic E-state index is 0.0112. The minimum atomic E-state index is -4.62. The van der Waals surface area contributed by atoms with Gasteiger partial charge in [0.1, 0.15) is 11.5 Å². The third-order valence-corrected chi connectivity index (χ3v) is 5.72. The van der Waals surface area contributed by atoms with E-state index in [-0.39, 0.29) is 33.5 Å². The lowest BCUT2D eigenvalue weighted by Gasteiger charge is -2.09. The van der Waals surface area contributed by atoms with Crippen molar-refractivity contribution in [3.63, 3.8) is 0 Å². The van der Waals surface area contributed by atoms with Gasteiger partial charge in [-0.2, -0.15) is 18.3 Å². The number of esters is 1. The van der Waals surface area contributed by atoms with Crippen LogP contribution in [0.2, 0.25) is 0 Å². The molecule has 0 aromatic carbocycles. The van der Waals surface area contributed by atoms with E-state index in [0.717, 1.165) is 34.9 Å². The van der Waals surface area contributed by atoms with Gasteiger partial charge in [-0.25, -0.2) is 4.79 Å². The van der Waals surface area contributed by atoms with Crippen molar-refractivity contribution in [2.24, 2.45) is 5.73 Å². The number of nitrogens with one attached hydrogen (secondary N) is 1. The number of halogens is 3. The summed E-state index contributed by atoms with van der Waals surface area (Å²) in [7, 11) is 0. The van der Waals surface area contributed by atoms with E-state index >= 15 is 0 Å². The number of aromatic nitrogens is 2. The molecular weight excluding hydrogens is 425 g/mol. The molecule has 0 spiro atoms. The SMILES string of the molecule is CCOC(=O)c1c(NC(=O)Cn2nc(C(F)(F)F)cc2C2CC2)sc(C(N)=O)c1C. The van der Waals surface area contributed by atoms with Crippen molar-refractivity contribution in [3.8, 4) is 0 Å². The highest BCUT2D eigenvalue weighted by molar-refractivity contribution is 7.18. The van der Waals surface area contributed by atoms with Crippen molar-refractivity contribution in [1.29, 1.82) is 0 Å². The summed E-state index contributed by atoms with van der Waals surface area (Å²) in [5, 5.41) is 6.05. The van der Waals surface area contributed by atoms with Crippen LogP contribution >= 0.6 is 11.3 Å². The van der Waals surface area contributed by atoms with E-state index in [4.69, 9.17) is 10.5 Å². The summed E-state index contributed by atoms with van der Waals surface area (Å²) in [5.74, 6) is -2.29. The fraction of sp³-hybridized carbons (Fsp3) is 0.444. The number of thiophene rings is 1. The van der Waals surface area contributed by atoms with Crippen molar-refractivity contribution < 1.29 is 32.3 Å². The van der Waals surface area contributed by atoms with Crippen molar-refractivity contribution in [2.75, 3.05) is 11.9 Å². The topological polar surface area (TPSA) is 116 Å². The Labute approximate surface area is 173 Å². The normalized spacial score (nSPS) is 13.9. The smallest absolute Gasteiger partial charge is 0.435 e. The third-order valence-electron chi connectivity index (χ3n) is 4.49. The van der Waals surface area contributed by atoms with E-state index < -0.39 is 36.2 Å². The van der Waals surface area contributed by atoms with Crippen LogP contribution in [-0.2, 0) is 22.3 Å². The van der Waals surface area contributed by atoms with Crippen molar-refractivity contribution in [1.82, 2.24) is 9.78 Å². The van der Waals surface area contributed by atoms with Crippen LogP contribution in [0, 0.1) is 6.92 Å². The van der Waals surface area contributed by atoms with Gasteiger partial charge >= 0.3 is 12.1 Å². The number of primary amides is 1. The lowest BCUT2D eigenvalue weighted by Crippen LogP contribution is -2.22. The van der Waals surface area contributed by atoms with Gasteiger partial charge in [-0.05, 0) is 38.3 Å². The van der Waals surface area contributed by atoms with Gasteiger partial charge in [0.15, 0.2) is 5.69 Å². The molecule has 1 saturated carbocycles. The highest BCUT2D eigenvalue weighted by Gasteiger charge is 2.38. The summed E-state index contributed by atoms with van der Waals surface area (Å²) < 4.78 is 45.0. The Morgan fingerprint density at radius 3 is 2.57 bits per heavy atom. The Balaban J connectivity index is 1.86. The zero-order valence-electron chi connectivity index (χ0n) is 16.1. The van der Waals surface area contributed by atoms with Gasteiger partial charge < -0.3 is 15.8 Å². The molecular formula is C18H19F3N4O4S. The second-order valence-electron chi connectivity index (χ2n) is 6.78. The van der Waals surface area contributed by atoms with E-state index in [9.17, 15) is 27.6 Å². The standard InChI is InChI=1S/C18H19F3N4O4S/c1-3-29-17(28)13-8(2)14(15(22)27)30-16(13)23-12(26)7-25-10(9-4-5-9)6-11(24-25)18(19,20)21/h6,9H,3-5,7H2,1-2H3,(H2,22,27)(H,23,26). The maximum Gasteiger partial charge on any atom is 0.435 e. The first-order valence-corrected chi connectivity index (χ1v) is 9.89. The average molecular weight is 444 g/mol. The first kappa shape index (κ1) is 21.8. The lowest BCUT2D eigenvalue weighted by atomic mass is 10.1. The fourth-order valence-corrected chi connectivity index (χ4v) is 4.06. The lowest BCUT2D eigenvalue weighted by molar-refractivity contribution is -0.141. The number of hydrogen-bond acceptors (Lipinski definition) is 6. The van der Waals surface area contributed by atoms with Crippen LogP contribution in [-0.4, -0.2) is 34.2 Å². The van der Waals surface area contributed by atoms with Gasteiger partial charge in [0, 0.05) is 11.6 Å². The zero-order chi connectivity index (χ0) is 22.2. The predicted octanol–water partition coefficient (Wildman–Crippen LogP) is 3.06. The maximum atomic E-state index is 13.0. The van der Waals surface area contributed by atoms with Crippen LogP contribution in [0.15, 0.2) is 6.07 Å². The largest absolute Gasteiger partial charge is 0.462 e. The van der Waals surface area contributed by atoms with Gasteiger partial charge in [-0.15, -0.1) is 11.3 Å². The summed E-state index contributed by atoms with van der Waals surface area (Å²) in [5.41, 5.74) is 4.84. The summed E-state index contributed by atoms with van der Waals surface area (Å²) in [6.45, 7) is 2.69. The van der Waals surface area contributed by atoms with Gasteiger partial charge in [0.2, 0.25) is 5.91 Å². The first-order valence-electron chi connectivity index (χ1n) is 9.08. The van der Waals surface area contributed by atoms with E-state index in [1.54, 1.807) is 6.92 Å². The van der Waals surface area contributed by atoms with E-state index in [1.807, 2.05) is 0 Å². The zero-order valence-corrected chi connectivity index (χ0v) is 16.9. The number of ether oxygens (including phenoxy) is 1. The van der Waals surface area contributed by atoms with Crippen molar-refractivity contribution in [3.05, 3.63) is 33.5 Å². The molecule has 162 valence electrons. The molecule has 12 heteroatoms. The van der Waals surface area contributed by atoms with E-state index in [1.165, 1.54) is 6.92 Å². The van der Waals surface area contributed by atoms with Gasteiger partial charge in [-0.1, -0.05) is 0 Å². The summed E-state index contributed by atoms with van der Waals surface area (Å²) >= 11 is 0.803. The predicted molar refractivity (Wildman–Crippen MR) is 101 cm³/mol. The quantitative estimate of drug-likeness (QED) is 0.637. The Bertz CT molecular complexity index is 1010. The van der Waals surface area contributed by atoms with Crippen LogP contribution < -0.4 is 11.1 Å². The van der Waals surface area contributed by atoms with Gasteiger partial charge in [0.05, 0.1) is 17.0 Å². The molecule has 2 heterocycles. The number of rotatable bonds is 7. The molecule has 0 aliphatic heterocycles. The Morgan fingerprint density at radius 2 is 2.03 bits per heavy atom. The molecule has 8 nitrogen and oxygen atoms in total. The van der Waals surface area contributed by atoms with Crippen LogP contribution in [0.4, 0.5) is 18.2 Å². The Kier molecular flexibility index (Phi) is 5.88. The van der Waals surface area contributed by atoms with Crippen LogP contribution in [0.1, 0.15) is 62.7 Å². The highest BCUT2D eigenvalue weighted by Crippen LogP contribution is 2.42. The summed E-state index contributed by atoms with van der Waals surface area (Å²) in [4.78, 5) is 36.5. The fourth-order valence-electron chi connectivity index (χ4n) is 2.99. The number of hydrogen-bond donors (Lipinski definition) is 2. The molecule has 0 atom stereocenters. The van der Waals surface area contributed by atoms with Crippen molar-refractivity contribution in [2.45, 2.75) is 45.3 Å². The Hall–Kier alpha value is -2.89. The molecule has 2 aromatic rings. The monoisotopic (exact) mass is 444 g/mol. The highest BCUT2D eigenvalue weighted by atomic mass is 32.1. The van der Waals surface area contributed by atoms with Crippen LogP contribution in [0.5, 0.6) is 0 Å². The molecule has 1 aliphatic carbocycles. The summed E-state index contributed by atoms with van der Waals surface area (Å²) in [6, 6.07) is 0.954.